The van der Waals surface area contributed by atoms with Gasteiger partial charge in [0.25, 0.3) is 5.91 Å². The summed E-state index contributed by atoms with van der Waals surface area (Å²) in [6.07, 6.45) is 3.99. The van der Waals surface area contributed by atoms with Crippen LogP contribution >= 0.6 is 0 Å². The van der Waals surface area contributed by atoms with Crippen molar-refractivity contribution in [1.29, 1.82) is 0 Å². The molecule has 0 saturated heterocycles. The summed E-state index contributed by atoms with van der Waals surface area (Å²) >= 11 is 0. The summed E-state index contributed by atoms with van der Waals surface area (Å²) in [6, 6.07) is 5.69. The monoisotopic (exact) mass is 320 g/mol. The zero-order valence-corrected chi connectivity index (χ0v) is 13.1. The first-order chi connectivity index (χ1) is 11.1. The summed E-state index contributed by atoms with van der Waals surface area (Å²) < 4.78 is 12.9. The van der Waals surface area contributed by atoms with Crippen LogP contribution in [0.15, 0.2) is 30.5 Å². The number of halogens is 1. The van der Waals surface area contributed by atoms with E-state index in [-0.39, 0.29) is 29.9 Å². The summed E-state index contributed by atoms with van der Waals surface area (Å²) in [7, 11) is 0. The number of benzene rings is 1. The highest BCUT2D eigenvalue weighted by atomic mass is 19.1. The molecule has 1 amide bonds. The summed E-state index contributed by atoms with van der Waals surface area (Å²) in [6.45, 7) is 2.68. The maximum atomic E-state index is 12.9. The van der Waals surface area contributed by atoms with Gasteiger partial charge in [0.05, 0.1) is 11.9 Å². The molecule has 0 bridgehead atoms. The van der Waals surface area contributed by atoms with Crippen molar-refractivity contribution < 1.29 is 14.3 Å². The molecule has 0 spiro atoms. The van der Waals surface area contributed by atoms with Crippen molar-refractivity contribution in [2.24, 2.45) is 5.92 Å². The van der Waals surface area contributed by atoms with Gasteiger partial charge in [0.1, 0.15) is 5.82 Å². The van der Waals surface area contributed by atoms with Crippen molar-refractivity contribution in [2.75, 3.05) is 13.2 Å². The lowest BCUT2D eigenvalue weighted by atomic mass is 10.0. The molecule has 0 aliphatic heterocycles. The number of hydrogen-bond donors (Lipinski definition) is 2. The summed E-state index contributed by atoms with van der Waals surface area (Å²) in [5, 5.41) is 20.0. The summed E-state index contributed by atoms with van der Waals surface area (Å²) in [5.41, 5.74) is 0.781. The smallest absolute Gasteiger partial charge is 0.273 e. The first kappa shape index (κ1) is 17.1. The number of carbonyl (C=O) groups is 1. The van der Waals surface area contributed by atoms with Crippen LogP contribution in [-0.2, 0) is 0 Å². The molecule has 1 aromatic carbocycles. The lowest BCUT2D eigenvalue weighted by molar-refractivity contribution is 0.0937. The zero-order valence-electron chi connectivity index (χ0n) is 13.1. The van der Waals surface area contributed by atoms with Crippen molar-refractivity contribution in [3.8, 4) is 5.69 Å². The number of aliphatic hydroxyl groups is 1. The average molecular weight is 320 g/mol. The van der Waals surface area contributed by atoms with E-state index in [9.17, 15) is 9.18 Å². The summed E-state index contributed by atoms with van der Waals surface area (Å²) in [5.74, 6) is -0.400. The fraction of sp³-hybridized carbons (Fsp3) is 0.438. The standard InChI is InChI=1S/C16H21FN4O2/c1-2-3-12(8-9-22)10-18-16(23)15-11-19-21(20-15)14-6-4-13(17)5-7-14/h4-7,11-12,22H,2-3,8-10H2,1H3,(H,18,23). The molecule has 1 atom stereocenters. The fourth-order valence-corrected chi connectivity index (χ4v) is 2.33. The quantitative estimate of drug-likeness (QED) is 0.779. The van der Waals surface area contributed by atoms with E-state index in [0.29, 0.717) is 18.7 Å². The maximum absolute atomic E-state index is 12.9. The van der Waals surface area contributed by atoms with E-state index in [1.165, 1.54) is 35.3 Å². The highest BCUT2D eigenvalue weighted by molar-refractivity contribution is 5.91. The Kier molecular flexibility index (Phi) is 6.22. The van der Waals surface area contributed by atoms with Gasteiger partial charge in [-0.1, -0.05) is 13.3 Å². The normalized spacial score (nSPS) is 12.1. The molecule has 6 nitrogen and oxygen atoms in total. The third-order valence-electron chi connectivity index (χ3n) is 3.57. The molecule has 7 heteroatoms. The lowest BCUT2D eigenvalue weighted by Crippen LogP contribution is -2.30. The minimum Gasteiger partial charge on any atom is -0.396 e. The molecule has 1 aromatic heterocycles. The molecule has 124 valence electrons. The predicted octanol–water partition coefficient (Wildman–Crippen LogP) is 1.93. The minimum absolute atomic E-state index is 0.112. The number of carbonyl (C=O) groups excluding carboxylic acids is 1. The average Bonchev–Trinajstić information content (AvgIpc) is 3.03. The highest BCUT2D eigenvalue weighted by Gasteiger charge is 2.14. The molecular weight excluding hydrogens is 299 g/mol. The van der Waals surface area contributed by atoms with E-state index in [1.807, 2.05) is 0 Å². The van der Waals surface area contributed by atoms with Crippen LogP contribution in [0, 0.1) is 11.7 Å². The Morgan fingerprint density at radius 2 is 2.09 bits per heavy atom. The molecule has 2 rings (SSSR count). The van der Waals surface area contributed by atoms with Gasteiger partial charge in [0, 0.05) is 13.2 Å². The van der Waals surface area contributed by atoms with Crippen LogP contribution in [0.4, 0.5) is 4.39 Å². The first-order valence-corrected chi connectivity index (χ1v) is 7.71. The van der Waals surface area contributed by atoms with Crippen LogP contribution in [0.2, 0.25) is 0 Å². The summed E-state index contributed by atoms with van der Waals surface area (Å²) in [4.78, 5) is 13.4. The number of rotatable bonds is 8. The Hall–Kier alpha value is -2.28. The molecule has 2 N–H and O–H groups in total. The zero-order chi connectivity index (χ0) is 16.7. The molecule has 0 fully saturated rings. The minimum atomic E-state index is -0.343. The number of hydrogen-bond acceptors (Lipinski definition) is 4. The Labute approximate surface area is 134 Å². The molecule has 1 heterocycles. The molecule has 0 aliphatic rings. The van der Waals surface area contributed by atoms with Crippen LogP contribution in [0.25, 0.3) is 5.69 Å². The molecule has 23 heavy (non-hydrogen) atoms. The van der Waals surface area contributed by atoms with E-state index >= 15 is 0 Å². The first-order valence-electron chi connectivity index (χ1n) is 7.71. The van der Waals surface area contributed by atoms with E-state index < -0.39 is 0 Å². The fourth-order valence-electron chi connectivity index (χ4n) is 2.33. The van der Waals surface area contributed by atoms with Gasteiger partial charge in [0.2, 0.25) is 0 Å². The van der Waals surface area contributed by atoms with Crippen molar-refractivity contribution in [2.45, 2.75) is 26.2 Å². The van der Waals surface area contributed by atoms with E-state index in [2.05, 4.69) is 22.4 Å². The van der Waals surface area contributed by atoms with Crippen molar-refractivity contribution in [3.63, 3.8) is 0 Å². The van der Waals surface area contributed by atoms with Crippen LogP contribution < -0.4 is 5.32 Å². The molecule has 1 unspecified atom stereocenters. The lowest BCUT2D eigenvalue weighted by Gasteiger charge is -2.14. The highest BCUT2D eigenvalue weighted by Crippen LogP contribution is 2.10. The van der Waals surface area contributed by atoms with Crippen LogP contribution in [-0.4, -0.2) is 39.2 Å². The van der Waals surface area contributed by atoms with Gasteiger partial charge in [-0.15, -0.1) is 5.10 Å². The van der Waals surface area contributed by atoms with E-state index in [1.54, 1.807) is 0 Å². The Morgan fingerprint density at radius 1 is 1.35 bits per heavy atom. The van der Waals surface area contributed by atoms with Crippen molar-refractivity contribution in [3.05, 3.63) is 42.0 Å². The maximum Gasteiger partial charge on any atom is 0.273 e. The van der Waals surface area contributed by atoms with Gasteiger partial charge in [-0.2, -0.15) is 9.90 Å². The van der Waals surface area contributed by atoms with Gasteiger partial charge >= 0.3 is 0 Å². The van der Waals surface area contributed by atoms with Gasteiger partial charge in [-0.05, 0) is 43.0 Å². The molecule has 2 aromatic rings. The van der Waals surface area contributed by atoms with E-state index in [4.69, 9.17) is 5.11 Å². The topological polar surface area (TPSA) is 80.0 Å². The molecular formula is C16H21FN4O2. The van der Waals surface area contributed by atoms with Gasteiger partial charge in [-0.3, -0.25) is 4.79 Å². The van der Waals surface area contributed by atoms with Gasteiger partial charge < -0.3 is 10.4 Å². The van der Waals surface area contributed by atoms with Gasteiger partial charge in [0.15, 0.2) is 5.69 Å². The predicted molar refractivity (Wildman–Crippen MR) is 83.8 cm³/mol. The number of aromatic nitrogens is 3. The second-order valence-corrected chi connectivity index (χ2v) is 5.37. The largest absolute Gasteiger partial charge is 0.396 e. The Morgan fingerprint density at radius 3 is 2.74 bits per heavy atom. The third-order valence-corrected chi connectivity index (χ3v) is 3.57. The second-order valence-electron chi connectivity index (χ2n) is 5.37. The number of amides is 1. The van der Waals surface area contributed by atoms with Crippen LogP contribution in [0.5, 0.6) is 0 Å². The van der Waals surface area contributed by atoms with Gasteiger partial charge in [-0.25, -0.2) is 4.39 Å². The van der Waals surface area contributed by atoms with Crippen molar-refractivity contribution >= 4 is 5.91 Å². The molecule has 0 aliphatic carbocycles. The number of nitrogens with zero attached hydrogens (tertiary/aromatic N) is 3. The van der Waals surface area contributed by atoms with Crippen molar-refractivity contribution in [1.82, 2.24) is 20.3 Å². The Bertz CT molecular complexity index is 621. The SMILES string of the molecule is CCCC(CCO)CNC(=O)c1cnn(-c2ccc(F)cc2)n1. The van der Waals surface area contributed by atoms with Crippen LogP contribution in [0.1, 0.15) is 36.7 Å². The second kappa shape index (κ2) is 8.38. The third kappa shape index (κ3) is 4.85. The molecule has 0 saturated carbocycles. The van der Waals surface area contributed by atoms with E-state index in [0.717, 1.165) is 12.8 Å². The number of nitrogens with one attached hydrogen (secondary N) is 1. The van der Waals surface area contributed by atoms with Crippen LogP contribution in [0.3, 0.4) is 0 Å². The Balaban J connectivity index is 1.96. The number of aliphatic hydroxyl groups excluding tert-OH is 1. The molecule has 0 radical (unpaired) electrons.